The molecule has 0 amide bonds. The number of piperidine rings is 1. The second-order valence-corrected chi connectivity index (χ2v) is 5.36. The summed E-state index contributed by atoms with van der Waals surface area (Å²) in [5.74, 6) is 0. The zero-order chi connectivity index (χ0) is 13.4. The Labute approximate surface area is 112 Å². The molecule has 108 valence electrons. The fourth-order valence-electron chi connectivity index (χ4n) is 2.68. The number of likely N-dealkylation sites (tertiary alicyclic amines) is 1. The normalized spacial score (nSPS) is 20.5. The number of nitrogens with one attached hydrogen (secondary N) is 1. The minimum absolute atomic E-state index is 0.349. The van der Waals surface area contributed by atoms with E-state index in [4.69, 9.17) is 4.74 Å². The lowest BCUT2D eigenvalue weighted by Crippen LogP contribution is -2.47. The predicted octanol–water partition coefficient (Wildman–Crippen LogP) is 1.24. The maximum atomic E-state index is 9.71. The number of methoxy groups -OCH3 is 1. The van der Waals surface area contributed by atoms with Crippen LogP contribution in [0.2, 0.25) is 0 Å². The first-order valence-corrected chi connectivity index (χ1v) is 7.34. The van der Waals surface area contributed by atoms with E-state index in [-0.39, 0.29) is 6.10 Å². The number of ether oxygens (including phenoxy) is 1. The Bertz CT molecular complexity index is 202. The summed E-state index contributed by atoms with van der Waals surface area (Å²) in [5, 5.41) is 13.4. The third kappa shape index (κ3) is 5.65. The Morgan fingerprint density at radius 1 is 1.28 bits per heavy atom. The van der Waals surface area contributed by atoms with Crippen LogP contribution in [0.3, 0.4) is 0 Å². The third-order valence-electron chi connectivity index (χ3n) is 3.87. The molecule has 2 N–H and O–H groups in total. The summed E-state index contributed by atoms with van der Waals surface area (Å²) in [6.45, 7) is 7.84. The summed E-state index contributed by atoms with van der Waals surface area (Å²) >= 11 is 0. The molecule has 1 rings (SSSR count). The van der Waals surface area contributed by atoms with E-state index in [0.717, 1.165) is 19.6 Å². The first kappa shape index (κ1) is 15.9. The first-order chi connectivity index (χ1) is 8.69. The summed E-state index contributed by atoms with van der Waals surface area (Å²) < 4.78 is 4.96. The van der Waals surface area contributed by atoms with Crippen molar-refractivity contribution in [3.8, 4) is 0 Å². The maximum absolute atomic E-state index is 9.71. The highest BCUT2D eigenvalue weighted by atomic mass is 16.5. The Morgan fingerprint density at radius 3 is 2.39 bits per heavy atom. The van der Waals surface area contributed by atoms with E-state index >= 15 is 0 Å². The van der Waals surface area contributed by atoms with Crippen LogP contribution in [-0.4, -0.2) is 61.5 Å². The SMILES string of the molecule is CCC(CC)NC1CCN(CC(O)COC)CC1. The van der Waals surface area contributed by atoms with E-state index < -0.39 is 0 Å². The van der Waals surface area contributed by atoms with Gasteiger partial charge in [0.2, 0.25) is 0 Å². The molecule has 0 aromatic rings. The van der Waals surface area contributed by atoms with Crippen molar-refractivity contribution >= 4 is 0 Å². The molecule has 0 aromatic heterocycles. The van der Waals surface area contributed by atoms with Crippen molar-refractivity contribution in [3.63, 3.8) is 0 Å². The van der Waals surface area contributed by atoms with Crippen LogP contribution in [0.1, 0.15) is 39.5 Å². The van der Waals surface area contributed by atoms with Crippen molar-refractivity contribution in [2.45, 2.75) is 57.7 Å². The highest BCUT2D eigenvalue weighted by Crippen LogP contribution is 2.12. The van der Waals surface area contributed by atoms with Gasteiger partial charge in [-0.15, -0.1) is 0 Å². The minimum atomic E-state index is -0.349. The molecule has 1 unspecified atom stereocenters. The van der Waals surface area contributed by atoms with Crippen LogP contribution in [0.5, 0.6) is 0 Å². The predicted molar refractivity (Wildman–Crippen MR) is 74.9 cm³/mol. The average Bonchev–Trinajstić information content (AvgIpc) is 2.38. The number of aliphatic hydroxyl groups is 1. The Kier molecular flexibility index (Phi) is 7.82. The summed E-state index contributed by atoms with van der Waals surface area (Å²) in [7, 11) is 1.63. The highest BCUT2D eigenvalue weighted by molar-refractivity contribution is 4.80. The van der Waals surface area contributed by atoms with Crippen molar-refractivity contribution in [2.24, 2.45) is 0 Å². The summed E-state index contributed by atoms with van der Waals surface area (Å²) in [6, 6.07) is 1.33. The molecular weight excluding hydrogens is 228 g/mol. The smallest absolute Gasteiger partial charge is 0.0900 e. The fraction of sp³-hybridized carbons (Fsp3) is 1.00. The van der Waals surface area contributed by atoms with Gasteiger partial charge >= 0.3 is 0 Å². The molecule has 0 saturated carbocycles. The van der Waals surface area contributed by atoms with Gasteiger partial charge in [0.05, 0.1) is 12.7 Å². The van der Waals surface area contributed by atoms with Gasteiger partial charge in [-0.3, -0.25) is 0 Å². The van der Waals surface area contributed by atoms with Crippen molar-refractivity contribution in [3.05, 3.63) is 0 Å². The van der Waals surface area contributed by atoms with Crippen molar-refractivity contribution in [1.82, 2.24) is 10.2 Å². The number of aliphatic hydroxyl groups excluding tert-OH is 1. The second kappa shape index (κ2) is 8.86. The van der Waals surface area contributed by atoms with Crippen LogP contribution in [0.15, 0.2) is 0 Å². The van der Waals surface area contributed by atoms with E-state index in [9.17, 15) is 5.11 Å². The van der Waals surface area contributed by atoms with E-state index in [1.54, 1.807) is 7.11 Å². The number of rotatable bonds is 8. The standard InChI is InChI=1S/C14H30N2O2/c1-4-12(5-2)15-13-6-8-16(9-7-13)10-14(17)11-18-3/h12-15,17H,4-11H2,1-3H3. The molecule has 1 aliphatic heterocycles. The lowest BCUT2D eigenvalue weighted by molar-refractivity contribution is 0.0307. The minimum Gasteiger partial charge on any atom is -0.389 e. The molecule has 18 heavy (non-hydrogen) atoms. The Balaban J connectivity index is 2.20. The fourth-order valence-corrected chi connectivity index (χ4v) is 2.68. The van der Waals surface area contributed by atoms with Crippen LogP contribution >= 0.6 is 0 Å². The number of hydrogen-bond acceptors (Lipinski definition) is 4. The first-order valence-electron chi connectivity index (χ1n) is 7.34. The van der Waals surface area contributed by atoms with Crippen LogP contribution in [0.4, 0.5) is 0 Å². The molecule has 0 bridgehead atoms. The van der Waals surface area contributed by atoms with Gasteiger partial charge in [-0.1, -0.05) is 13.8 Å². The van der Waals surface area contributed by atoms with Gasteiger partial charge in [0.15, 0.2) is 0 Å². The molecule has 4 heteroatoms. The van der Waals surface area contributed by atoms with Gasteiger partial charge in [0, 0.05) is 25.7 Å². The van der Waals surface area contributed by atoms with Crippen LogP contribution in [0.25, 0.3) is 0 Å². The zero-order valence-corrected chi connectivity index (χ0v) is 12.2. The number of β-amino-alcohol motifs (C(OH)–C–C–N with tert-alkyl or cyclic N) is 1. The third-order valence-corrected chi connectivity index (χ3v) is 3.87. The van der Waals surface area contributed by atoms with E-state index in [1.807, 2.05) is 0 Å². The highest BCUT2D eigenvalue weighted by Gasteiger charge is 2.21. The summed E-state index contributed by atoms with van der Waals surface area (Å²) in [6.07, 6.45) is 4.46. The van der Waals surface area contributed by atoms with Gasteiger partial charge in [-0.05, 0) is 38.8 Å². The number of nitrogens with zero attached hydrogens (tertiary/aromatic N) is 1. The summed E-state index contributed by atoms with van der Waals surface area (Å²) in [5.41, 5.74) is 0. The van der Waals surface area contributed by atoms with Crippen molar-refractivity contribution in [1.29, 1.82) is 0 Å². The monoisotopic (exact) mass is 258 g/mol. The molecule has 1 fully saturated rings. The molecular formula is C14H30N2O2. The van der Waals surface area contributed by atoms with Gasteiger partial charge in [-0.25, -0.2) is 0 Å². The van der Waals surface area contributed by atoms with E-state index in [1.165, 1.54) is 25.7 Å². The largest absolute Gasteiger partial charge is 0.389 e. The lowest BCUT2D eigenvalue weighted by Gasteiger charge is -2.35. The molecule has 0 aliphatic carbocycles. The molecule has 1 saturated heterocycles. The Hall–Kier alpha value is -0.160. The average molecular weight is 258 g/mol. The molecule has 1 atom stereocenters. The molecule has 1 heterocycles. The molecule has 1 aliphatic rings. The molecule has 0 spiro atoms. The van der Waals surface area contributed by atoms with Crippen LogP contribution in [0, 0.1) is 0 Å². The molecule has 4 nitrogen and oxygen atoms in total. The van der Waals surface area contributed by atoms with Gasteiger partial charge in [0.1, 0.15) is 0 Å². The molecule has 0 radical (unpaired) electrons. The van der Waals surface area contributed by atoms with Crippen molar-refractivity contribution < 1.29 is 9.84 Å². The van der Waals surface area contributed by atoms with E-state index in [2.05, 4.69) is 24.1 Å². The molecule has 0 aromatic carbocycles. The van der Waals surface area contributed by atoms with Gasteiger partial charge in [0.25, 0.3) is 0 Å². The quantitative estimate of drug-likeness (QED) is 0.687. The zero-order valence-electron chi connectivity index (χ0n) is 12.2. The topological polar surface area (TPSA) is 44.7 Å². The lowest BCUT2D eigenvalue weighted by atomic mass is 10.0. The van der Waals surface area contributed by atoms with Crippen molar-refractivity contribution in [2.75, 3.05) is 33.4 Å². The van der Waals surface area contributed by atoms with Crippen LogP contribution in [-0.2, 0) is 4.74 Å². The Morgan fingerprint density at radius 2 is 1.89 bits per heavy atom. The summed E-state index contributed by atoms with van der Waals surface area (Å²) in [4.78, 5) is 2.34. The van der Waals surface area contributed by atoms with Crippen LogP contribution < -0.4 is 5.32 Å². The maximum Gasteiger partial charge on any atom is 0.0900 e. The number of hydrogen-bond donors (Lipinski definition) is 2. The van der Waals surface area contributed by atoms with Gasteiger partial charge < -0.3 is 20.1 Å². The second-order valence-electron chi connectivity index (χ2n) is 5.36. The van der Waals surface area contributed by atoms with E-state index in [0.29, 0.717) is 18.7 Å². The van der Waals surface area contributed by atoms with Gasteiger partial charge in [-0.2, -0.15) is 0 Å².